The van der Waals surface area contributed by atoms with E-state index in [0.29, 0.717) is 9.90 Å². The second-order valence-corrected chi connectivity index (χ2v) is 6.16. The Hall–Kier alpha value is -2.17. The molecule has 0 aliphatic rings. The molecule has 0 amide bonds. The highest BCUT2D eigenvalue weighted by atomic mass is 35.5. The predicted molar refractivity (Wildman–Crippen MR) is 90.8 cm³/mol. The summed E-state index contributed by atoms with van der Waals surface area (Å²) in [6.07, 6.45) is 0. The van der Waals surface area contributed by atoms with Crippen LogP contribution in [0.25, 0.3) is 10.4 Å². The van der Waals surface area contributed by atoms with Crippen LogP contribution in [0.4, 0.5) is 0 Å². The van der Waals surface area contributed by atoms with Crippen LogP contribution in [0, 0.1) is 0 Å². The molecule has 3 rings (SSSR count). The van der Waals surface area contributed by atoms with Crippen LogP contribution >= 0.6 is 22.9 Å². The van der Waals surface area contributed by atoms with Crippen molar-refractivity contribution in [2.45, 2.75) is 6.54 Å². The van der Waals surface area contributed by atoms with Gasteiger partial charge in [-0.15, -0.1) is 0 Å². The minimum Gasteiger partial charge on any atom is -0.269 e. The fourth-order valence-electron chi connectivity index (χ4n) is 2.14. The van der Waals surface area contributed by atoms with Gasteiger partial charge in [0.2, 0.25) is 0 Å². The standard InChI is InChI=1S/C17H12ClNO2S/c18-14-9-5-4-8-13(14)11-19-16(20)10-15(22-17(19)21)12-6-2-1-3-7-12/h1-10H,11H2. The normalized spacial score (nSPS) is 10.6. The number of hydrogen-bond acceptors (Lipinski definition) is 3. The zero-order valence-corrected chi connectivity index (χ0v) is 13.1. The molecule has 0 aliphatic carbocycles. The molecular weight excluding hydrogens is 318 g/mol. The van der Waals surface area contributed by atoms with E-state index >= 15 is 0 Å². The summed E-state index contributed by atoms with van der Waals surface area (Å²) in [5.74, 6) is 0. The Balaban J connectivity index is 2.03. The van der Waals surface area contributed by atoms with Crippen LogP contribution in [0.1, 0.15) is 5.56 Å². The number of nitrogens with zero attached hydrogens (tertiary/aromatic N) is 1. The molecule has 0 saturated carbocycles. The van der Waals surface area contributed by atoms with Crippen LogP contribution in [0.5, 0.6) is 0 Å². The summed E-state index contributed by atoms with van der Waals surface area (Å²) >= 11 is 7.15. The van der Waals surface area contributed by atoms with Crippen molar-refractivity contribution >= 4 is 22.9 Å². The van der Waals surface area contributed by atoms with Crippen LogP contribution in [0.3, 0.4) is 0 Å². The molecule has 1 heterocycles. The first-order valence-corrected chi connectivity index (χ1v) is 7.88. The summed E-state index contributed by atoms with van der Waals surface area (Å²) in [7, 11) is 0. The molecule has 110 valence electrons. The van der Waals surface area contributed by atoms with Crippen molar-refractivity contribution < 1.29 is 0 Å². The molecule has 0 N–H and O–H groups in total. The molecule has 0 unspecified atom stereocenters. The Morgan fingerprint density at radius 1 is 0.955 bits per heavy atom. The average Bonchev–Trinajstić information content (AvgIpc) is 2.53. The molecule has 2 aromatic carbocycles. The van der Waals surface area contributed by atoms with E-state index < -0.39 is 0 Å². The fraction of sp³-hybridized carbons (Fsp3) is 0.0588. The zero-order chi connectivity index (χ0) is 15.5. The Morgan fingerprint density at radius 3 is 2.32 bits per heavy atom. The third kappa shape index (κ3) is 3.03. The van der Waals surface area contributed by atoms with Gasteiger partial charge in [0.25, 0.3) is 5.56 Å². The van der Waals surface area contributed by atoms with E-state index in [2.05, 4.69) is 0 Å². The van der Waals surface area contributed by atoms with Crippen molar-refractivity contribution in [3.8, 4) is 10.4 Å². The van der Waals surface area contributed by atoms with Gasteiger partial charge >= 0.3 is 4.87 Å². The smallest absolute Gasteiger partial charge is 0.269 e. The monoisotopic (exact) mass is 329 g/mol. The summed E-state index contributed by atoms with van der Waals surface area (Å²) in [6.45, 7) is 0.183. The third-order valence-corrected chi connectivity index (χ3v) is 4.62. The highest BCUT2D eigenvalue weighted by molar-refractivity contribution is 7.12. The Morgan fingerprint density at radius 2 is 1.64 bits per heavy atom. The predicted octanol–water partition coefficient (Wildman–Crippen LogP) is 3.64. The number of hydrogen-bond donors (Lipinski definition) is 0. The summed E-state index contributed by atoms with van der Waals surface area (Å²) < 4.78 is 1.21. The van der Waals surface area contributed by atoms with Crippen LogP contribution < -0.4 is 10.4 Å². The lowest BCUT2D eigenvalue weighted by Crippen LogP contribution is -2.31. The van der Waals surface area contributed by atoms with Crippen molar-refractivity contribution in [2.24, 2.45) is 0 Å². The lowest BCUT2D eigenvalue weighted by atomic mass is 10.2. The van der Waals surface area contributed by atoms with Gasteiger partial charge in [0, 0.05) is 16.0 Å². The average molecular weight is 330 g/mol. The molecular formula is C17H12ClNO2S. The Kier molecular flexibility index (Phi) is 4.22. The maximum atomic E-state index is 12.3. The molecule has 0 aliphatic heterocycles. The third-order valence-electron chi connectivity index (χ3n) is 3.28. The van der Waals surface area contributed by atoms with E-state index in [-0.39, 0.29) is 17.0 Å². The maximum Gasteiger partial charge on any atom is 0.310 e. The van der Waals surface area contributed by atoms with E-state index in [1.807, 2.05) is 48.5 Å². The lowest BCUT2D eigenvalue weighted by molar-refractivity contribution is 0.746. The molecule has 3 aromatic rings. The van der Waals surface area contributed by atoms with E-state index in [1.165, 1.54) is 10.6 Å². The second-order valence-electron chi connectivity index (χ2n) is 4.76. The van der Waals surface area contributed by atoms with Gasteiger partial charge in [-0.25, -0.2) is 0 Å². The molecule has 5 heteroatoms. The summed E-state index contributed by atoms with van der Waals surface area (Å²) in [4.78, 5) is 25.0. The van der Waals surface area contributed by atoms with Crippen molar-refractivity contribution in [1.82, 2.24) is 4.57 Å². The molecule has 0 bridgehead atoms. The SMILES string of the molecule is O=c1cc(-c2ccccc2)sc(=O)n1Cc1ccccc1Cl. The number of benzene rings is 2. The number of halogens is 1. The summed E-state index contributed by atoms with van der Waals surface area (Å²) in [5, 5.41) is 0.547. The van der Waals surface area contributed by atoms with Gasteiger partial charge in [0.05, 0.1) is 6.54 Å². The van der Waals surface area contributed by atoms with Gasteiger partial charge in [-0.1, -0.05) is 71.5 Å². The second kappa shape index (κ2) is 6.30. The van der Waals surface area contributed by atoms with Gasteiger partial charge in [-0.2, -0.15) is 0 Å². The molecule has 0 saturated heterocycles. The quantitative estimate of drug-likeness (QED) is 0.736. The first kappa shape index (κ1) is 14.8. The van der Waals surface area contributed by atoms with E-state index in [1.54, 1.807) is 6.07 Å². The van der Waals surface area contributed by atoms with Gasteiger partial charge < -0.3 is 0 Å². The van der Waals surface area contributed by atoms with Gasteiger partial charge in [-0.05, 0) is 17.2 Å². The van der Waals surface area contributed by atoms with Crippen LogP contribution in [-0.2, 0) is 6.54 Å². The zero-order valence-electron chi connectivity index (χ0n) is 11.5. The molecule has 0 fully saturated rings. The van der Waals surface area contributed by atoms with Crippen molar-refractivity contribution in [2.75, 3.05) is 0 Å². The molecule has 0 spiro atoms. The topological polar surface area (TPSA) is 39.1 Å². The van der Waals surface area contributed by atoms with Gasteiger partial charge in [0.15, 0.2) is 0 Å². The fourth-order valence-corrected chi connectivity index (χ4v) is 3.20. The largest absolute Gasteiger partial charge is 0.310 e. The van der Waals surface area contributed by atoms with Crippen LogP contribution in [-0.4, -0.2) is 4.57 Å². The van der Waals surface area contributed by atoms with E-state index in [0.717, 1.165) is 22.5 Å². The molecule has 3 nitrogen and oxygen atoms in total. The highest BCUT2D eigenvalue weighted by Gasteiger charge is 2.09. The number of aromatic nitrogens is 1. The van der Waals surface area contributed by atoms with Gasteiger partial charge in [0.1, 0.15) is 0 Å². The Bertz CT molecular complexity index is 884. The minimum atomic E-state index is -0.317. The molecule has 0 radical (unpaired) electrons. The van der Waals surface area contributed by atoms with Gasteiger partial charge in [-0.3, -0.25) is 14.2 Å². The lowest BCUT2D eigenvalue weighted by Gasteiger charge is -2.07. The first-order chi connectivity index (χ1) is 10.6. The summed E-state index contributed by atoms with van der Waals surface area (Å²) in [5.41, 5.74) is 1.30. The van der Waals surface area contributed by atoms with Crippen molar-refractivity contribution in [3.05, 3.63) is 91.3 Å². The van der Waals surface area contributed by atoms with Crippen molar-refractivity contribution in [3.63, 3.8) is 0 Å². The number of rotatable bonds is 3. The van der Waals surface area contributed by atoms with E-state index in [4.69, 9.17) is 11.6 Å². The summed E-state index contributed by atoms with van der Waals surface area (Å²) in [6, 6.07) is 18.1. The molecule has 0 atom stereocenters. The van der Waals surface area contributed by atoms with E-state index in [9.17, 15) is 9.59 Å². The molecule has 22 heavy (non-hydrogen) atoms. The Labute approximate surface area is 136 Å². The molecule has 1 aromatic heterocycles. The first-order valence-electron chi connectivity index (χ1n) is 6.69. The maximum absolute atomic E-state index is 12.3. The highest BCUT2D eigenvalue weighted by Crippen LogP contribution is 2.20. The van der Waals surface area contributed by atoms with Crippen LogP contribution in [0.15, 0.2) is 70.3 Å². The van der Waals surface area contributed by atoms with Crippen LogP contribution in [0.2, 0.25) is 5.02 Å². The van der Waals surface area contributed by atoms with Crippen molar-refractivity contribution in [1.29, 1.82) is 0 Å². The minimum absolute atomic E-state index is 0.183.